The van der Waals surface area contributed by atoms with Crippen molar-refractivity contribution in [3.05, 3.63) is 53.7 Å². The van der Waals surface area contributed by atoms with E-state index in [0.29, 0.717) is 30.2 Å². The zero-order valence-corrected chi connectivity index (χ0v) is 13.4. The third-order valence-electron chi connectivity index (χ3n) is 3.25. The van der Waals surface area contributed by atoms with Gasteiger partial charge in [-0.3, -0.25) is 9.59 Å². The van der Waals surface area contributed by atoms with E-state index >= 15 is 0 Å². The van der Waals surface area contributed by atoms with Gasteiger partial charge in [-0.2, -0.15) is 0 Å². The molecule has 0 saturated carbocycles. The number of nitrogens with zero attached hydrogens (tertiary/aromatic N) is 1. The molecular formula is C17H20N4O3. The number of methoxy groups -OCH3 is 1. The van der Waals surface area contributed by atoms with E-state index in [-0.39, 0.29) is 18.2 Å². The van der Waals surface area contributed by atoms with Gasteiger partial charge in [-0.05, 0) is 29.8 Å². The molecule has 7 heteroatoms. The normalized spacial score (nSPS) is 10.2. The molecule has 0 aliphatic carbocycles. The van der Waals surface area contributed by atoms with Gasteiger partial charge in [0, 0.05) is 25.5 Å². The minimum absolute atomic E-state index is 0.0724. The van der Waals surface area contributed by atoms with Gasteiger partial charge in [-0.25, -0.2) is 4.98 Å². The van der Waals surface area contributed by atoms with Crippen molar-refractivity contribution in [3.8, 4) is 0 Å². The van der Waals surface area contributed by atoms with Gasteiger partial charge in [0.1, 0.15) is 5.82 Å². The van der Waals surface area contributed by atoms with E-state index < -0.39 is 0 Å². The van der Waals surface area contributed by atoms with Crippen molar-refractivity contribution >= 4 is 23.3 Å². The first-order chi connectivity index (χ1) is 11.6. The Morgan fingerprint density at radius 3 is 2.54 bits per heavy atom. The van der Waals surface area contributed by atoms with Crippen LogP contribution in [0.3, 0.4) is 0 Å². The minimum Gasteiger partial charge on any atom is -0.384 e. The molecule has 1 aromatic carbocycles. The second kappa shape index (κ2) is 8.64. The number of pyridine rings is 1. The minimum atomic E-state index is -0.271. The van der Waals surface area contributed by atoms with Crippen LogP contribution in [0.2, 0.25) is 0 Å². The number of anilines is 2. The monoisotopic (exact) mass is 328 g/mol. The predicted octanol–water partition coefficient (Wildman–Crippen LogP) is 1.22. The van der Waals surface area contributed by atoms with Gasteiger partial charge in [-0.1, -0.05) is 12.1 Å². The summed E-state index contributed by atoms with van der Waals surface area (Å²) >= 11 is 0. The average Bonchev–Trinajstić information content (AvgIpc) is 2.57. The number of amides is 2. The van der Waals surface area contributed by atoms with Crippen LogP contribution >= 0.6 is 0 Å². The maximum atomic E-state index is 12.1. The van der Waals surface area contributed by atoms with E-state index in [4.69, 9.17) is 10.5 Å². The summed E-state index contributed by atoms with van der Waals surface area (Å²) in [7, 11) is 1.58. The molecule has 0 unspecified atom stereocenters. The SMILES string of the molecule is COCCNC(=O)Cc1ccc(NC(=O)c2ccc(N)nc2)cc1. The van der Waals surface area contributed by atoms with Crippen LogP contribution < -0.4 is 16.4 Å². The predicted molar refractivity (Wildman–Crippen MR) is 91.6 cm³/mol. The Morgan fingerprint density at radius 2 is 1.92 bits per heavy atom. The van der Waals surface area contributed by atoms with Crippen molar-refractivity contribution in [1.82, 2.24) is 10.3 Å². The lowest BCUT2D eigenvalue weighted by molar-refractivity contribution is -0.120. The number of nitrogens with two attached hydrogens (primary N) is 1. The van der Waals surface area contributed by atoms with Crippen molar-refractivity contribution < 1.29 is 14.3 Å². The molecule has 2 amide bonds. The van der Waals surface area contributed by atoms with Crippen LogP contribution in [0.25, 0.3) is 0 Å². The van der Waals surface area contributed by atoms with Gasteiger partial charge in [0.15, 0.2) is 0 Å². The highest BCUT2D eigenvalue weighted by Gasteiger charge is 2.07. The van der Waals surface area contributed by atoms with Crippen LogP contribution in [0.15, 0.2) is 42.6 Å². The molecule has 4 N–H and O–H groups in total. The number of carbonyl (C=O) groups is 2. The van der Waals surface area contributed by atoms with Crippen LogP contribution in [0.5, 0.6) is 0 Å². The number of carbonyl (C=O) groups excluding carboxylic acids is 2. The van der Waals surface area contributed by atoms with Crippen LogP contribution in [0.4, 0.5) is 11.5 Å². The van der Waals surface area contributed by atoms with E-state index in [2.05, 4.69) is 15.6 Å². The fourth-order valence-corrected chi connectivity index (χ4v) is 1.99. The maximum absolute atomic E-state index is 12.1. The highest BCUT2D eigenvalue weighted by molar-refractivity contribution is 6.04. The molecule has 0 fully saturated rings. The van der Waals surface area contributed by atoms with Crippen LogP contribution in [0.1, 0.15) is 15.9 Å². The fraction of sp³-hybridized carbons (Fsp3) is 0.235. The summed E-state index contributed by atoms with van der Waals surface area (Å²) in [6.07, 6.45) is 1.70. The molecule has 1 heterocycles. The molecule has 1 aromatic heterocycles. The summed E-state index contributed by atoms with van der Waals surface area (Å²) in [5.74, 6) is 0.0176. The molecule has 0 radical (unpaired) electrons. The summed E-state index contributed by atoms with van der Waals surface area (Å²) in [6.45, 7) is 0.968. The van der Waals surface area contributed by atoms with Gasteiger partial charge in [0.2, 0.25) is 5.91 Å². The van der Waals surface area contributed by atoms with E-state index in [9.17, 15) is 9.59 Å². The first-order valence-corrected chi connectivity index (χ1v) is 7.46. The van der Waals surface area contributed by atoms with Crippen molar-refractivity contribution in [3.63, 3.8) is 0 Å². The molecule has 0 saturated heterocycles. The topological polar surface area (TPSA) is 106 Å². The highest BCUT2D eigenvalue weighted by atomic mass is 16.5. The summed E-state index contributed by atoms with van der Waals surface area (Å²) in [5, 5.41) is 5.52. The molecule has 126 valence electrons. The third kappa shape index (κ3) is 5.36. The number of hydrogen-bond acceptors (Lipinski definition) is 5. The van der Waals surface area contributed by atoms with Crippen molar-refractivity contribution in [1.29, 1.82) is 0 Å². The van der Waals surface area contributed by atoms with Gasteiger partial charge in [0.25, 0.3) is 5.91 Å². The number of hydrogen-bond donors (Lipinski definition) is 3. The zero-order chi connectivity index (χ0) is 17.4. The van der Waals surface area contributed by atoms with Crippen molar-refractivity contribution in [2.75, 3.05) is 31.3 Å². The summed E-state index contributed by atoms with van der Waals surface area (Å²) in [6, 6.07) is 10.3. The quantitative estimate of drug-likeness (QED) is 0.663. The molecule has 0 aliphatic rings. The lowest BCUT2D eigenvalue weighted by atomic mass is 10.1. The number of ether oxygens (including phenoxy) is 1. The lowest BCUT2D eigenvalue weighted by Gasteiger charge is -2.07. The van der Waals surface area contributed by atoms with E-state index in [1.165, 1.54) is 6.20 Å². The average molecular weight is 328 g/mol. The Kier molecular flexibility index (Phi) is 6.27. The Morgan fingerprint density at radius 1 is 1.17 bits per heavy atom. The Hall–Kier alpha value is -2.93. The summed E-state index contributed by atoms with van der Waals surface area (Å²) < 4.78 is 4.87. The molecule has 0 bridgehead atoms. The number of nitrogens with one attached hydrogen (secondary N) is 2. The lowest BCUT2D eigenvalue weighted by Crippen LogP contribution is -2.28. The largest absolute Gasteiger partial charge is 0.384 e. The summed E-state index contributed by atoms with van der Waals surface area (Å²) in [4.78, 5) is 27.7. The standard InChI is InChI=1S/C17H20N4O3/c1-24-9-8-19-16(22)10-12-2-5-14(6-3-12)21-17(23)13-4-7-15(18)20-11-13/h2-7,11H,8-10H2,1H3,(H2,18,20)(H,19,22)(H,21,23). The first-order valence-electron chi connectivity index (χ1n) is 7.46. The van der Waals surface area contributed by atoms with Crippen molar-refractivity contribution in [2.45, 2.75) is 6.42 Å². The maximum Gasteiger partial charge on any atom is 0.257 e. The second-order valence-electron chi connectivity index (χ2n) is 5.14. The number of nitrogen functional groups attached to an aromatic ring is 1. The summed E-state index contributed by atoms with van der Waals surface area (Å²) in [5.41, 5.74) is 7.41. The third-order valence-corrected chi connectivity index (χ3v) is 3.25. The second-order valence-corrected chi connectivity index (χ2v) is 5.14. The molecule has 0 atom stereocenters. The number of rotatable bonds is 7. The smallest absolute Gasteiger partial charge is 0.257 e. The van der Waals surface area contributed by atoms with E-state index in [0.717, 1.165) is 5.56 Å². The molecule has 0 spiro atoms. The molecule has 0 aliphatic heterocycles. The fourth-order valence-electron chi connectivity index (χ4n) is 1.99. The highest BCUT2D eigenvalue weighted by Crippen LogP contribution is 2.12. The van der Waals surface area contributed by atoms with Gasteiger partial charge < -0.3 is 21.1 Å². The molecule has 2 aromatic rings. The molecule has 7 nitrogen and oxygen atoms in total. The van der Waals surface area contributed by atoms with Crippen LogP contribution in [0, 0.1) is 0 Å². The Labute approximate surface area is 140 Å². The van der Waals surface area contributed by atoms with E-state index in [1.54, 1.807) is 43.5 Å². The van der Waals surface area contributed by atoms with Crippen LogP contribution in [-0.4, -0.2) is 37.1 Å². The first kappa shape index (κ1) is 17.4. The van der Waals surface area contributed by atoms with Crippen molar-refractivity contribution in [2.24, 2.45) is 0 Å². The van der Waals surface area contributed by atoms with Crippen LogP contribution in [-0.2, 0) is 16.0 Å². The Bertz CT molecular complexity index is 684. The van der Waals surface area contributed by atoms with Gasteiger partial charge >= 0.3 is 0 Å². The zero-order valence-electron chi connectivity index (χ0n) is 13.4. The molecular weight excluding hydrogens is 308 g/mol. The van der Waals surface area contributed by atoms with Gasteiger partial charge in [0.05, 0.1) is 18.6 Å². The number of benzene rings is 1. The molecule has 2 rings (SSSR count). The molecule has 24 heavy (non-hydrogen) atoms. The van der Waals surface area contributed by atoms with E-state index in [1.807, 2.05) is 0 Å². The number of aromatic nitrogens is 1. The Balaban J connectivity index is 1.88. The van der Waals surface area contributed by atoms with Gasteiger partial charge in [-0.15, -0.1) is 0 Å².